The lowest BCUT2D eigenvalue weighted by atomic mass is 10.1. The number of carbonyl (C=O) groups is 5. The predicted octanol–water partition coefficient (Wildman–Crippen LogP) is 2.91. The molecule has 358 valence electrons. The first-order valence-electron chi connectivity index (χ1n) is 22.2. The van der Waals surface area contributed by atoms with Gasteiger partial charge in [0, 0.05) is 63.0 Å². The largest absolute Gasteiger partial charge is 0.494 e. The van der Waals surface area contributed by atoms with Crippen molar-refractivity contribution >= 4 is 63.5 Å². The van der Waals surface area contributed by atoms with Gasteiger partial charge in [-0.3, -0.25) is 48.9 Å². The molecule has 0 saturated carbocycles. The number of hydrogen-bond donors (Lipinski definition) is 6. The van der Waals surface area contributed by atoms with E-state index in [1.165, 1.54) is 31.4 Å². The van der Waals surface area contributed by atoms with Gasteiger partial charge >= 0.3 is 0 Å². The predicted molar refractivity (Wildman–Crippen MR) is 253 cm³/mol. The van der Waals surface area contributed by atoms with Crippen LogP contribution >= 0.6 is 0 Å². The Morgan fingerprint density at radius 3 is 1.68 bits per heavy atom. The molecule has 1 saturated heterocycles. The Morgan fingerprint density at radius 1 is 0.721 bits per heavy atom. The summed E-state index contributed by atoms with van der Waals surface area (Å²) in [4.78, 5) is 75.8. The zero-order chi connectivity index (χ0) is 48.6. The molecule has 5 amide bonds. The summed E-state index contributed by atoms with van der Waals surface area (Å²) in [5.74, 6) is -1.75. The molecule has 7 rings (SSSR count). The van der Waals surface area contributed by atoms with Gasteiger partial charge in [0.1, 0.15) is 47.1 Å². The standard InChI is InChI=1S/C46H56N14O8/c1-6-59-34(20-27(3)54-59)43(65)52-45-50-32-22-29(41(47)63)24-36(67-5)39(32)57(45)15-8-9-16-58-40-33(51-46(58)53-44(66)35-21-28(4)55-60(35)7-2)23-30(42(48)64)25-37(40)68-19-11-10-14-56-17-12-31(13-18-56)49-38(62)26-61/h8-11,20-25,31,61H,6-7,12-19,26H2,1-5H3,(H2,47,63)(H2,48,64)(H,49,62)(H,50,52,65)(H,51,53,66)/b9-8+,11-10+. The number of aryl methyl sites for hydroxylation is 4. The van der Waals surface area contributed by atoms with E-state index in [-0.39, 0.29) is 54.7 Å². The van der Waals surface area contributed by atoms with Crippen molar-refractivity contribution in [3.63, 3.8) is 0 Å². The van der Waals surface area contributed by atoms with Gasteiger partial charge in [-0.05, 0) is 76.9 Å². The van der Waals surface area contributed by atoms with Crippen LogP contribution in [0.3, 0.4) is 0 Å². The number of nitrogens with two attached hydrogens (primary N) is 2. The number of carbonyl (C=O) groups excluding carboxylic acids is 5. The quantitative estimate of drug-likeness (QED) is 0.0602. The van der Waals surface area contributed by atoms with Crippen LogP contribution in [0.15, 0.2) is 60.7 Å². The van der Waals surface area contributed by atoms with E-state index in [4.69, 9.17) is 36.0 Å². The molecule has 1 aliphatic rings. The van der Waals surface area contributed by atoms with Gasteiger partial charge in [0.2, 0.25) is 29.6 Å². The van der Waals surface area contributed by atoms with Gasteiger partial charge in [0.25, 0.3) is 11.8 Å². The van der Waals surface area contributed by atoms with Crippen molar-refractivity contribution in [1.82, 2.24) is 48.9 Å². The van der Waals surface area contributed by atoms with E-state index in [1.807, 2.05) is 38.2 Å². The van der Waals surface area contributed by atoms with Crippen molar-refractivity contribution in [3.8, 4) is 11.5 Å². The summed E-state index contributed by atoms with van der Waals surface area (Å²) in [5.41, 5.74) is 15.4. The molecule has 4 aromatic heterocycles. The fourth-order valence-corrected chi connectivity index (χ4v) is 8.15. The Bertz CT molecular complexity index is 2930. The number of primary amides is 2. The van der Waals surface area contributed by atoms with E-state index < -0.39 is 30.2 Å². The number of nitrogens with zero attached hydrogens (tertiary/aromatic N) is 9. The third kappa shape index (κ3) is 10.7. The number of hydrogen-bond acceptors (Lipinski definition) is 13. The molecule has 0 radical (unpaired) electrons. The van der Waals surface area contributed by atoms with Crippen LogP contribution in [-0.4, -0.2) is 124 Å². The van der Waals surface area contributed by atoms with Crippen LogP contribution in [-0.2, 0) is 31.0 Å². The minimum absolute atomic E-state index is 0.0231. The minimum Gasteiger partial charge on any atom is -0.494 e. The molecule has 2 aromatic carbocycles. The second-order valence-electron chi connectivity index (χ2n) is 16.1. The van der Waals surface area contributed by atoms with Gasteiger partial charge in [-0.1, -0.05) is 24.3 Å². The molecule has 0 bridgehead atoms. The van der Waals surface area contributed by atoms with Crippen molar-refractivity contribution in [3.05, 3.63) is 94.6 Å². The number of ether oxygens (including phenoxy) is 2. The number of anilines is 2. The summed E-state index contributed by atoms with van der Waals surface area (Å²) >= 11 is 0. The highest BCUT2D eigenvalue weighted by molar-refractivity contribution is 6.05. The maximum absolute atomic E-state index is 13.9. The van der Waals surface area contributed by atoms with Crippen LogP contribution in [0.25, 0.3) is 22.1 Å². The number of fused-ring (bicyclic) bond motifs is 2. The second kappa shape index (κ2) is 21.2. The number of aliphatic hydroxyl groups is 1. The fraction of sp³-hybridized carbons (Fsp3) is 0.370. The summed E-state index contributed by atoms with van der Waals surface area (Å²) in [5, 5.41) is 26.6. The number of benzene rings is 2. The molecule has 68 heavy (non-hydrogen) atoms. The number of imidazole rings is 2. The van der Waals surface area contributed by atoms with E-state index in [9.17, 15) is 24.0 Å². The number of allylic oxidation sites excluding steroid dienone is 2. The monoisotopic (exact) mass is 932 g/mol. The van der Waals surface area contributed by atoms with Crippen molar-refractivity contribution in [1.29, 1.82) is 0 Å². The molecule has 0 spiro atoms. The molecule has 1 fully saturated rings. The van der Waals surface area contributed by atoms with E-state index in [1.54, 1.807) is 44.5 Å². The molecular formula is C46H56N14O8. The first-order valence-corrected chi connectivity index (χ1v) is 22.2. The Kier molecular flexibility index (Phi) is 15.0. The van der Waals surface area contributed by atoms with E-state index in [0.717, 1.165) is 25.9 Å². The van der Waals surface area contributed by atoms with Crippen LogP contribution in [0.2, 0.25) is 0 Å². The third-order valence-corrected chi connectivity index (χ3v) is 11.4. The van der Waals surface area contributed by atoms with Gasteiger partial charge in [0.05, 0.1) is 29.5 Å². The van der Waals surface area contributed by atoms with Crippen LogP contribution in [0, 0.1) is 13.8 Å². The molecule has 5 heterocycles. The topological polar surface area (TPSA) is 287 Å². The number of aromatic nitrogens is 8. The smallest absolute Gasteiger partial charge is 0.276 e. The molecule has 22 nitrogen and oxygen atoms in total. The highest BCUT2D eigenvalue weighted by Crippen LogP contribution is 2.33. The highest BCUT2D eigenvalue weighted by Gasteiger charge is 2.24. The number of rotatable bonds is 20. The first-order chi connectivity index (χ1) is 32.7. The SMILES string of the molecule is CCn1nc(C)cc1C(=O)Nc1nc2cc(C(N)=O)cc(OC)c2n1C/C=C/Cn1c(NC(=O)c2cc(C)nn2CC)nc2cc(C(N)=O)cc(OC/C=C/CN3CCC(NC(=O)CO)CC3)c21. The molecule has 22 heteroatoms. The average Bonchev–Trinajstić information content (AvgIpc) is 4.09. The van der Waals surface area contributed by atoms with Crippen molar-refractivity contribution in [2.24, 2.45) is 11.5 Å². The van der Waals surface area contributed by atoms with Gasteiger partial charge < -0.3 is 40.5 Å². The van der Waals surface area contributed by atoms with Crippen LogP contribution in [0.1, 0.15) is 79.8 Å². The number of nitrogens with one attached hydrogen (secondary N) is 3. The Morgan fingerprint density at radius 2 is 1.21 bits per heavy atom. The molecule has 1 aliphatic heterocycles. The lowest BCUT2D eigenvalue weighted by molar-refractivity contribution is -0.124. The molecule has 0 atom stereocenters. The first kappa shape index (κ1) is 48.1. The lowest BCUT2D eigenvalue weighted by Crippen LogP contribution is -2.45. The number of amides is 5. The summed E-state index contributed by atoms with van der Waals surface area (Å²) in [6, 6.07) is 9.49. The number of aliphatic hydroxyl groups excluding tert-OH is 1. The second-order valence-corrected chi connectivity index (χ2v) is 16.1. The zero-order valence-corrected chi connectivity index (χ0v) is 38.6. The van der Waals surface area contributed by atoms with Gasteiger partial charge in [-0.2, -0.15) is 10.2 Å². The van der Waals surface area contributed by atoms with Crippen molar-refractivity contribution in [2.75, 3.05) is 50.6 Å². The van der Waals surface area contributed by atoms with E-state index in [2.05, 4.69) is 31.0 Å². The third-order valence-electron chi connectivity index (χ3n) is 11.4. The fourth-order valence-electron chi connectivity index (χ4n) is 8.15. The minimum atomic E-state index is -0.698. The number of methoxy groups -OCH3 is 1. The normalized spacial score (nSPS) is 13.5. The number of likely N-dealkylation sites (tertiary alicyclic amines) is 1. The van der Waals surface area contributed by atoms with E-state index >= 15 is 0 Å². The van der Waals surface area contributed by atoms with Gasteiger partial charge in [0.15, 0.2) is 0 Å². The molecular weight excluding hydrogens is 877 g/mol. The Balaban J connectivity index is 1.20. The summed E-state index contributed by atoms with van der Waals surface area (Å²) < 4.78 is 18.7. The van der Waals surface area contributed by atoms with Crippen molar-refractivity contribution in [2.45, 2.75) is 72.8 Å². The van der Waals surface area contributed by atoms with Crippen LogP contribution < -0.4 is 36.9 Å². The Labute approximate surface area is 390 Å². The molecule has 0 unspecified atom stereocenters. The molecule has 6 aromatic rings. The molecule has 0 aliphatic carbocycles. The van der Waals surface area contributed by atoms with Crippen LogP contribution in [0.5, 0.6) is 11.5 Å². The molecule has 8 N–H and O–H groups in total. The van der Waals surface area contributed by atoms with Crippen LogP contribution in [0.4, 0.5) is 11.9 Å². The maximum atomic E-state index is 13.9. The Hall–Kier alpha value is -7.85. The highest BCUT2D eigenvalue weighted by atomic mass is 16.5. The maximum Gasteiger partial charge on any atom is 0.276 e. The zero-order valence-electron chi connectivity index (χ0n) is 38.6. The average molecular weight is 933 g/mol. The summed E-state index contributed by atoms with van der Waals surface area (Å²) in [6.45, 7) is 10.3. The van der Waals surface area contributed by atoms with Gasteiger partial charge in [-0.15, -0.1) is 0 Å². The lowest BCUT2D eigenvalue weighted by Gasteiger charge is -2.31. The number of piperidine rings is 1. The summed E-state index contributed by atoms with van der Waals surface area (Å²) in [6.07, 6.45) is 9.03. The van der Waals surface area contributed by atoms with Gasteiger partial charge in [-0.25, -0.2) is 9.97 Å². The summed E-state index contributed by atoms with van der Waals surface area (Å²) in [7, 11) is 1.45. The van der Waals surface area contributed by atoms with Crippen molar-refractivity contribution < 1.29 is 38.6 Å². The van der Waals surface area contributed by atoms with E-state index in [0.29, 0.717) is 76.0 Å².